The summed E-state index contributed by atoms with van der Waals surface area (Å²) in [5, 5.41) is 9.54. The van der Waals surface area contributed by atoms with E-state index in [1.807, 2.05) is 0 Å². The van der Waals surface area contributed by atoms with E-state index >= 15 is 0 Å². The molecule has 0 aromatic carbocycles. The predicted octanol–water partition coefficient (Wildman–Crippen LogP) is 11.8. The van der Waals surface area contributed by atoms with Gasteiger partial charge in [-0.15, -0.1) is 0 Å². The first-order valence-corrected chi connectivity index (χ1v) is 19.0. The maximum Gasteiger partial charge on any atom is 0.306 e. The highest BCUT2D eigenvalue weighted by atomic mass is 16.6. The van der Waals surface area contributed by atoms with Crippen molar-refractivity contribution in [3.63, 3.8) is 0 Å². The van der Waals surface area contributed by atoms with E-state index in [0.717, 1.165) is 83.5 Å². The third kappa shape index (κ3) is 36.0. The fourth-order valence-corrected chi connectivity index (χ4v) is 4.87. The molecule has 0 saturated carbocycles. The average molecular weight is 655 g/mol. The lowest BCUT2D eigenvalue weighted by molar-refractivity contribution is -0.161. The summed E-state index contributed by atoms with van der Waals surface area (Å²) in [7, 11) is 0. The van der Waals surface area contributed by atoms with Crippen LogP contribution in [0.15, 0.2) is 72.9 Å². The number of allylic oxidation sites excluding steroid dienone is 12. The van der Waals surface area contributed by atoms with Crippen molar-refractivity contribution in [2.24, 2.45) is 0 Å². The van der Waals surface area contributed by atoms with Crippen LogP contribution in [0.3, 0.4) is 0 Å². The molecule has 268 valence electrons. The molecule has 5 nitrogen and oxygen atoms in total. The largest absolute Gasteiger partial charge is 0.462 e. The van der Waals surface area contributed by atoms with Crippen molar-refractivity contribution in [2.75, 3.05) is 13.2 Å². The summed E-state index contributed by atoms with van der Waals surface area (Å²) in [4.78, 5) is 24.2. The van der Waals surface area contributed by atoms with Gasteiger partial charge in [-0.3, -0.25) is 9.59 Å². The molecule has 0 aromatic rings. The van der Waals surface area contributed by atoms with E-state index in [-0.39, 0.29) is 25.2 Å². The number of hydrogen-bond donors (Lipinski definition) is 1. The quantitative estimate of drug-likeness (QED) is 0.0433. The molecule has 47 heavy (non-hydrogen) atoms. The highest BCUT2D eigenvalue weighted by molar-refractivity contribution is 5.70. The molecule has 5 heteroatoms. The van der Waals surface area contributed by atoms with E-state index in [0.29, 0.717) is 12.8 Å². The lowest BCUT2D eigenvalue weighted by Gasteiger charge is -2.15. The Bertz CT molecular complexity index is 879. The summed E-state index contributed by atoms with van der Waals surface area (Å²) in [6, 6.07) is 0. The molecule has 0 radical (unpaired) electrons. The van der Waals surface area contributed by atoms with Gasteiger partial charge in [0.25, 0.3) is 0 Å². The van der Waals surface area contributed by atoms with E-state index < -0.39 is 6.10 Å². The summed E-state index contributed by atoms with van der Waals surface area (Å²) in [5.74, 6) is -0.645. The summed E-state index contributed by atoms with van der Waals surface area (Å²) < 4.78 is 10.6. The van der Waals surface area contributed by atoms with E-state index in [9.17, 15) is 14.7 Å². The summed E-state index contributed by atoms with van der Waals surface area (Å²) in [6.45, 7) is 3.96. The maximum atomic E-state index is 12.1. The second kappa shape index (κ2) is 37.8. The van der Waals surface area contributed by atoms with Crippen molar-refractivity contribution in [2.45, 2.75) is 168 Å². The topological polar surface area (TPSA) is 72.8 Å². The molecule has 0 rings (SSSR count). The summed E-state index contributed by atoms with van der Waals surface area (Å²) in [6.07, 6.45) is 49.5. The zero-order valence-electron chi connectivity index (χ0n) is 30.3. The van der Waals surface area contributed by atoms with E-state index in [1.165, 1.54) is 51.4 Å². The second-order valence-electron chi connectivity index (χ2n) is 12.3. The SMILES string of the molecule is CC/C=C\C/C=C\C/C=C\C/C=C\C/C=C\CCCCCC(=O)O[C@@H](CO)COC(=O)CCCCCCC/C=C\CCCCCCC. The zero-order valence-corrected chi connectivity index (χ0v) is 30.3. The first-order valence-electron chi connectivity index (χ1n) is 19.0. The molecule has 0 heterocycles. The zero-order chi connectivity index (χ0) is 34.3. The number of rotatable bonds is 33. The van der Waals surface area contributed by atoms with Crippen molar-refractivity contribution in [3.8, 4) is 0 Å². The maximum absolute atomic E-state index is 12.1. The highest BCUT2D eigenvalue weighted by Crippen LogP contribution is 2.11. The molecule has 1 atom stereocenters. The fourth-order valence-electron chi connectivity index (χ4n) is 4.87. The Labute approximate surface area is 289 Å². The minimum Gasteiger partial charge on any atom is -0.462 e. The predicted molar refractivity (Wildman–Crippen MR) is 200 cm³/mol. The third-order valence-corrected chi connectivity index (χ3v) is 7.73. The van der Waals surface area contributed by atoms with Gasteiger partial charge in [0.05, 0.1) is 6.61 Å². The van der Waals surface area contributed by atoms with Crippen molar-refractivity contribution in [1.29, 1.82) is 0 Å². The number of carbonyl (C=O) groups is 2. The standard InChI is InChI=1S/C42H70O5/c1-3-5-7-9-11-13-15-17-19-20-21-22-23-25-27-29-31-33-35-37-42(45)47-40(38-43)39-46-41(44)36-34-32-30-28-26-24-18-16-14-12-10-8-6-4-2/h5,7,11,13,16-19,21-22,25,27,40,43H,3-4,6,8-10,12,14-15,20,23-24,26,28-39H2,1-2H3/b7-5-,13-11-,18-16-,19-17-,22-21-,27-25-/t40-/m0/s1. The number of unbranched alkanes of at least 4 members (excludes halogenated alkanes) is 13. The Balaban J connectivity index is 3.68. The van der Waals surface area contributed by atoms with Gasteiger partial charge >= 0.3 is 11.9 Å². The van der Waals surface area contributed by atoms with Gasteiger partial charge in [-0.2, -0.15) is 0 Å². The van der Waals surface area contributed by atoms with Crippen LogP contribution in [0.5, 0.6) is 0 Å². The molecule has 0 saturated heterocycles. The van der Waals surface area contributed by atoms with Gasteiger partial charge in [0, 0.05) is 12.8 Å². The van der Waals surface area contributed by atoms with E-state index in [4.69, 9.17) is 9.47 Å². The Morgan fingerprint density at radius 3 is 1.43 bits per heavy atom. The molecule has 0 amide bonds. The molecule has 0 aliphatic rings. The van der Waals surface area contributed by atoms with Crippen LogP contribution in [0.25, 0.3) is 0 Å². The van der Waals surface area contributed by atoms with Crippen molar-refractivity contribution >= 4 is 11.9 Å². The average Bonchev–Trinajstić information content (AvgIpc) is 3.07. The van der Waals surface area contributed by atoms with Crippen molar-refractivity contribution in [3.05, 3.63) is 72.9 Å². The Morgan fingerprint density at radius 1 is 0.511 bits per heavy atom. The minimum atomic E-state index is -0.794. The first kappa shape index (κ1) is 44.3. The smallest absolute Gasteiger partial charge is 0.306 e. The van der Waals surface area contributed by atoms with Crippen LogP contribution in [-0.2, 0) is 19.1 Å². The van der Waals surface area contributed by atoms with Gasteiger partial charge in [0.15, 0.2) is 6.10 Å². The van der Waals surface area contributed by atoms with Crippen LogP contribution >= 0.6 is 0 Å². The van der Waals surface area contributed by atoms with Crippen LogP contribution in [0.2, 0.25) is 0 Å². The van der Waals surface area contributed by atoms with Gasteiger partial charge in [0.1, 0.15) is 6.61 Å². The highest BCUT2D eigenvalue weighted by Gasteiger charge is 2.16. The number of aliphatic hydroxyl groups excluding tert-OH is 1. The fraction of sp³-hybridized carbons (Fsp3) is 0.667. The number of carbonyl (C=O) groups excluding carboxylic acids is 2. The van der Waals surface area contributed by atoms with Gasteiger partial charge < -0.3 is 14.6 Å². The molecule has 0 unspecified atom stereocenters. The molecule has 0 aliphatic heterocycles. The van der Waals surface area contributed by atoms with Crippen molar-refractivity contribution < 1.29 is 24.2 Å². The minimum absolute atomic E-state index is 0.0872. The summed E-state index contributed by atoms with van der Waals surface area (Å²) >= 11 is 0. The monoisotopic (exact) mass is 655 g/mol. The molecule has 0 aliphatic carbocycles. The van der Waals surface area contributed by atoms with Crippen molar-refractivity contribution in [1.82, 2.24) is 0 Å². The second-order valence-corrected chi connectivity index (χ2v) is 12.3. The molecule has 0 aromatic heterocycles. The van der Waals surface area contributed by atoms with Crippen LogP contribution in [-0.4, -0.2) is 36.4 Å². The number of hydrogen-bond acceptors (Lipinski definition) is 5. The van der Waals surface area contributed by atoms with Gasteiger partial charge in [-0.25, -0.2) is 0 Å². The number of aliphatic hydroxyl groups is 1. The third-order valence-electron chi connectivity index (χ3n) is 7.73. The lowest BCUT2D eigenvalue weighted by atomic mass is 10.1. The number of ether oxygens (including phenoxy) is 2. The molecule has 1 N–H and O–H groups in total. The van der Waals surface area contributed by atoms with Gasteiger partial charge in [-0.1, -0.05) is 138 Å². The van der Waals surface area contributed by atoms with Gasteiger partial charge in [-0.05, 0) is 83.5 Å². The van der Waals surface area contributed by atoms with Crippen LogP contribution in [0.1, 0.15) is 162 Å². The molecule has 0 spiro atoms. The Hall–Kier alpha value is -2.66. The van der Waals surface area contributed by atoms with Crippen LogP contribution < -0.4 is 0 Å². The number of esters is 2. The normalized spacial score (nSPS) is 13.0. The molecular formula is C42H70O5. The summed E-state index contributed by atoms with van der Waals surface area (Å²) in [5.41, 5.74) is 0. The Kier molecular flexibility index (Phi) is 35.7. The Morgan fingerprint density at radius 2 is 0.915 bits per heavy atom. The van der Waals surface area contributed by atoms with Crippen LogP contribution in [0, 0.1) is 0 Å². The van der Waals surface area contributed by atoms with E-state index in [2.05, 4.69) is 86.8 Å². The van der Waals surface area contributed by atoms with Gasteiger partial charge in [0.2, 0.25) is 0 Å². The lowest BCUT2D eigenvalue weighted by Crippen LogP contribution is -2.28. The molecule has 0 bridgehead atoms. The first-order chi connectivity index (χ1) is 23.1. The molecular weight excluding hydrogens is 584 g/mol. The van der Waals surface area contributed by atoms with E-state index in [1.54, 1.807) is 0 Å². The molecule has 0 fully saturated rings. The van der Waals surface area contributed by atoms with Crippen LogP contribution in [0.4, 0.5) is 0 Å².